The van der Waals surface area contributed by atoms with Crippen LogP contribution in [-0.4, -0.2) is 6.61 Å². The first-order valence-corrected chi connectivity index (χ1v) is 4.77. The minimum absolute atomic E-state index is 0.0309. The SMILES string of the molecule is C[C@H](N)c1cc(Cl)c2c(c1)CCO2. The molecule has 0 amide bonds. The molecule has 0 radical (unpaired) electrons. The van der Waals surface area contributed by atoms with Gasteiger partial charge in [-0.1, -0.05) is 17.7 Å². The molecule has 1 aliphatic heterocycles. The van der Waals surface area contributed by atoms with Crippen molar-refractivity contribution >= 4 is 11.6 Å². The van der Waals surface area contributed by atoms with Gasteiger partial charge in [0.25, 0.3) is 0 Å². The van der Waals surface area contributed by atoms with Crippen LogP contribution in [0.2, 0.25) is 5.02 Å². The number of ether oxygens (including phenoxy) is 1. The fourth-order valence-corrected chi connectivity index (χ4v) is 1.85. The monoisotopic (exact) mass is 197 g/mol. The summed E-state index contributed by atoms with van der Waals surface area (Å²) >= 11 is 6.04. The third kappa shape index (κ3) is 1.52. The lowest BCUT2D eigenvalue weighted by atomic mass is 10.0. The zero-order chi connectivity index (χ0) is 9.42. The van der Waals surface area contributed by atoms with Crippen molar-refractivity contribution in [3.05, 3.63) is 28.3 Å². The molecule has 0 bridgehead atoms. The molecule has 2 nitrogen and oxygen atoms in total. The molecular weight excluding hydrogens is 186 g/mol. The third-order valence-electron chi connectivity index (χ3n) is 2.29. The quantitative estimate of drug-likeness (QED) is 0.750. The Labute approximate surface area is 82.6 Å². The molecule has 2 N–H and O–H groups in total. The standard InChI is InChI=1S/C10H12ClNO/c1-6(12)8-4-7-2-3-13-10(7)9(11)5-8/h4-6H,2-3,12H2,1H3/t6-/m0/s1. The van der Waals surface area contributed by atoms with Crippen molar-refractivity contribution in [2.45, 2.75) is 19.4 Å². The normalized spacial score (nSPS) is 16.5. The Hall–Kier alpha value is -0.730. The summed E-state index contributed by atoms with van der Waals surface area (Å²) in [5.74, 6) is 0.839. The van der Waals surface area contributed by atoms with Gasteiger partial charge in [-0.3, -0.25) is 0 Å². The topological polar surface area (TPSA) is 35.2 Å². The van der Waals surface area contributed by atoms with Crippen LogP contribution in [0.3, 0.4) is 0 Å². The highest BCUT2D eigenvalue weighted by Gasteiger charge is 2.17. The Kier molecular flexibility index (Phi) is 2.18. The smallest absolute Gasteiger partial charge is 0.141 e. The Bertz CT molecular complexity index is 336. The molecule has 0 spiro atoms. The van der Waals surface area contributed by atoms with E-state index in [9.17, 15) is 0 Å². The molecule has 0 aromatic heterocycles. The Morgan fingerprint density at radius 2 is 2.31 bits per heavy atom. The van der Waals surface area contributed by atoms with E-state index < -0.39 is 0 Å². The molecule has 70 valence electrons. The molecule has 0 unspecified atom stereocenters. The molecule has 0 saturated heterocycles. The van der Waals surface area contributed by atoms with E-state index >= 15 is 0 Å². The summed E-state index contributed by atoms with van der Waals surface area (Å²) in [4.78, 5) is 0. The van der Waals surface area contributed by atoms with Gasteiger partial charge in [0.2, 0.25) is 0 Å². The van der Waals surface area contributed by atoms with Crippen molar-refractivity contribution < 1.29 is 4.74 Å². The van der Waals surface area contributed by atoms with Gasteiger partial charge < -0.3 is 10.5 Å². The van der Waals surface area contributed by atoms with Crippen molar-refractivity contribution in [3.63, 3.8) is 0 Å². The molecule has 1 aromatic carbocycles. The Balaban J connectivity index is 2.49. The van der Waals surface area contributed by atoms with Gasteiger partial charge in [0.1, 0.15) is 5.75 Å². The second kappa shape index (κ2) is 3.20. The van der Waals surface area contributed by atoms with Crippen LogP contribution in [0.15, 0.2) is 12.1 Å². The van der Waals surface area contributed by atoms with Crippen molar-refractivity contribution in [2.24, 2.45) is 5.73 Å². The van der Waals surface area contributed by atoms with Crippen molar-refractivity contribution in [3.8, 4) is 5.75 Å². The molecule has 3 heteroatoms. The van der Waals surface area contributed by atoms with Crippen LogP contribution in [0.25, 0.3) is 0 Å². The van der Waals surface area contributed by atoms with Crippen molar-refractivity contribution in [2.75, 3.05) is 6.61 Å². The molecule has 1 aromatic rings. The van der Waals surface area contributed by atoms with Crippen LogP contribution >= 0.6 is 11.6 Å². The fourth-order valence-electron chi connectivity index (χ4n) is 1.55. The highest BCUT2D eigenvalue weighted by molar-refractivity contribution is 6.32. The second-order valence-electron chi connectivity index (χ2n) is 3.38. The van der Waals surface area contributed by atoms with Crippen LogP contribution in [0, 0.1) is 0 Å². The van der Waals surface area contributed by atoms with Gasteiger partial charge in [-0.25, -0.2) is 0 Å². The summed E-state index contributed by atoms with van der Waals surface area (Å²) in [5, 5.41) is 0.683. The number of rotatable bonds is 1. The maximum atomic E-state index is 6.04. The lowest BCUT2D eigenvalue weighted by molar-refractivity contribution is 0.357. The maximum Gasteiger partial charge on any atom is 0.141 e. The number of hydrogen-bond acceptors (Lipinski definition) is 2. The minimum Gasteiger partial charge on any atom is -0.491 e. The first kappa shape index (κ1) is 8.85. The molecule has 1 aliphatic rings. The van der Waals surface area contributed by atoms with Gasteiger partial charge in [-0.2, -0.15) is 0 Å². The van der Waals surface area contributed by atoms with Gasteiger partial charge in [0.15, 0.2) is 0 Å². The Morgan fingerprint density at radius 1 is 1.54 bits per heavy atom. The number of benzene rings is 1. The second-order valence-corrected chi connectivity index (χ2v) is 3.79. The van der Waals surface area contributed by atoms with E-state index in [-0.39, 0.29) is 6.04 Å². The van der Waals surface area contributed by atoms with E-state index in [4.69, 9.17) is 22.1 Å². The molecule has 0 aliphatic carbocycles. The first-order valence-electron chi connectivity index (χ1n) is 4.39. The highest BCUT2D eigenvalue weighted by atomic mass is 35.5. The molecule has 13 heavy (non-hydrogen) atoms. The minimum atomic E-state index is 0.0309. The van der Waals surface area contributed by atoms with Crippen LogP contribution in [0.1, 0.15) is 24.1 Å². The summed E-state index contributed by atoms with van der Waals surface area (Å²) < 4.78 is 5.39. The first-order chi connectivity index (χ1) is 6.18. The Morgan fingerprint density at radius 3 is 3.00 bits per heavy atom. The molecule has 0 fully saturated rings. The number of hydrogen-bond donors (Lipinski definition) is 1. The molecule has 0 saturated carbocycles. The lowest BCUT2D eigenvalue weighted by Crippen LogP contribution is -2.05. The zero-order valence-electron chi connectivity index (χ0n) is 7.51. The van der Waals surface area contributed by atoms with E-state index in [1.807, 2.05) is 13.0 Å². The van der Waals surface area contributed by atoms with Gasteiger partial charge >= 0.3 is 0 Å². The van der Waals surface area contributed by atoms with E-state index in [2.05, 4.69) is 6.07 Å². The van der Waals surface area contributed by atoms with Gasteiger partial charge in [0.05, 0.1) is 11.6 Å². The average molecular weight is 198 g/mol. The van der Waals surface area contributed by atoms with Crippen LogP contribution in [0.5, 0.6) is 5.75 Å². The molecule has 2 rings (SSSR count). The molecule has 1 atom stereocenters. The van der Waals surface area contributed by atoms with Crippen LogP contribution in [-0.2, 0) is 6.42 Å². The predicted octanol–water partition coefficient (Wildman–Crippen LogP) is 2.29. The summed E-state index contributed by atoms with van der Waals surface area (Å²) in [7, 11) is 0. The summed E-state index contributed by atoms with van der Waals surface area (Å²) in [6, 6.07) is 4.00. The van der Waals surface area contributed by atoms with Crippen LogP contribution in [0.4, 0.5) is 0 Å². The highest BCUT2D eigenvalue weighted by Crippen LogP contribution is 2.35. The molecular formula is C10H12ClNO. The summed E-state index contributed by atoms with van der Waals surface area (Å²) in [6.07, 6.45) is 0.940. The van der Waals surface area contributed by atoms with Gasteiger partial charge in [-0.15, -0.1) is 0 Å². The third-order valence-corrected chi connectivity index (χ3v) is 2.57. The van der Waals surface area contributed by atoms with E-state index in [1.165, 1.54) is 5.56 Å². The maximum absolute atomic E-state index is 6.04. The lowest BCUT2D eigenvalue weighted by Gasteiger charge is -2.09. The number of halogens is 1. The fraction of sp³-hybridized carbons (Fsp3) is 0.400. The van der Waals surface area contributed by atoms with E-state index in [0.717, 1.165) is 24.3 Å². The number of nitrogens with two attached hydrogens (primary N) is 1. The predicted molar refractivity (Wildman–Crippen MR) is 53.3 cm³/mol. The molecule has 1 heterocycles. The van der Waals surface area contributed by atoms with Crippen molar-refractivity contribution in [1.82, 2.24) is 0 Å². The number of fused-ring (bicyclic) bond motifs is 1. The van der Waals surface area contributed by atoms with E-state index in [0.29, 0.717) is 5.02 Å². The summed E-state index contributed by atoms with van der Waals surface area (Å²) in [5.41, 5.74) is 8.04. The average Bonchev–Trinajstić information content (AvgIpc) is 2.51. The van der Waals surface area contributed by atoms with Crippen LogP contribution < -0.4 is 10.5 Å². The zero-order valence-corrected chi connectivity index (χ0v) is 8.27. The largest absolute Gasteiger partial charge is 0.491 e. The van der Waals surface area contributed by atoms with Gasteiger partial charge in [0, 0.05) is 12.5 Å². The summed E-state index contributed by atoms with van der Waals surface area (Å²) in [6.45, 7) is 2.69. The van der Waals surface area contributed by atoms with E-state index in [1.54, 1.807) is 0 Å². The van der Waals surface area contributed by atoms with Gasteiger partial charge in [-0.05, 0) is 24.1 Å². The van der Waals surface area contributed by atoms with Crippen molar-refractivity contribution in [1.29, 1.82) is 0 Å².